The van der Waals surface area contributed by atoms with Gasteiger partial charge >= 0.3 is 5.97 Å². The van der Waals surface area contributed by atoms with Gasteiger partial charge < -0.3 is 14.4 Å². The summed E-state index contributed by atoms with van der Waals surface area (Å²) >= 11 is 1.67. The molecule has 6 heteroatoms. The van der Waals surface area contributed by atoms with E-state index in [2.05, 4.69) is 0 Å². The predicted molar refractivity (Wildman–Crippen MR) is 108 cm³/mol. The van der Waals surface area contributed by atoms with Crippen molar-refractivity contribution in [2.24, 2.45) is 0 Å². The van der Waals surface area contributed by atoms with E-state index >= 15 is 0 Å². The molecule has 142 valence electrons. The van der Waals surface area contributed by atoms with Crippen LogP contribution in [0.25, 0.3) is 6.08 Å². The summed E-state index contributed by atoms with van der Waals surface area (Å²) in [5.41, 5.74) is 1.78. The van der Waals surface area contributed by atoms with E-state index in [1.165, 1.54) is 15.9 Å². The van der Waals surface area contributed by atoms with Crippen molar-refractivity contribution in [3.63, 3.8) is 0 Å². The highest BCUT2D eigenvalue weighted by Crippen LogP contribution is 2.18. The van der Waals surface area contributed by atoms with Crippen molar-refractivity contribution in [1.29, 1.82) is 0 Å². The summed E-state index contributed by atoms with van der Waals surface area (Å²) in [6.07, 6.45) is 4.90. The summed E-state index contributed by atoms with van der Waals surface area (Å²) in [5, 5.41) is 0. The molecule has 0 atom stereocenters. The molecular weight excluding hydrogens is 362 g/mol. The smallest absolute Gasteiger partial charge is 0.331 e. The fourth-order valence-electron chi connectivity index (χ4n) is 2.35. The molecule has 5 nitrogen and oxygen atoms in total. The lowest BCUT2D eigenvalue weighted by Gasteiger charge is -2.17. The quantitative estimate of drug-likeness (QED) is 0.395. The molecule has 27 heavy (non-hydrogen) atoms. The summed E-state index contributed by atoms with van der Waals surface area (Å²) in [6.45, 7) is 0.163. The van der Waals surface area contributed by atoms with Gasteiger partial charge in [-0.1, -0.05) is 30.3 Å². The van der Waals surface area contributed by atoms with Crippen LogP contribution >= 0.6 is 11.8 Å². The van der Waals surface area contributed by atoms with E-state index in [1.54, 1.807) is 38.1 Å². The Bertz CT molecular complexity index is 802. The summed E-state index contributed by atoms with van der Waals surface area (Å²) in [4.78, 5) is 26.7. The van der Waals surface area contributed by atoms with E-state index in [9.17, 15) is 9.59 Å². The van der Waals surface area contributed by atoms with Gasteiger partial charge in [0, 0.05) is 30.1 Å². The Morgan fingerprint density at radius 2 is 1.81 bits per heavy atom. The number of rotatable bonds is 8. The van der Waals surface area contributed by atoms with Crippen LogP contribution in [0, 0.1) is 0 Å². The molecule has 0 aliphatic heterocycles. The molecule has 0 spiro atoms. The highest BCUT2D eigenvalue weighted by molar-refractivity contribution is 7.98. The molecule has 0 N–H and O–H groups in total. The van der Waals surface area contributed by atoms with Gasteiger partial charge in [0.25, 0.3) is 5.91 Å². The van der Waals surface area contributed by atoms with E-state index in [1.807, 2.05) is 48.7 Å². The first-order valence-corrected chi connectivity index (χ1v) is 9.60. The number of carbonyl (C=O) groups is 2. The maximum absolute atomic E-state index is 12.2. The van der Waals surface area contributed by atoms with Crippen molar-refractivity contribution in [2.75, 3.05) is 27.0 Å². The monoisotopic (exact) mass is 385 g/mol. The third-order valence-electron chi connectivity index (χ3n) is 3.88. The topological polar surface area (TPSA) is 55.8 Å². The zero-order chi connectivity index (χ0) is 19.6. The molecule has 0 radical (unpaired) electrons. The van der Waals surface area contributed by atoms with Crippen LogP contribution in [-0.4, -0.2) is 43.8 Å². The van der Waals surface area contributed by atoms with Crippen molar-refractivity contribution in [1.82, 2.24) is 4.90 Å². The molecule has 0 saturated carbocycles. The van der Waals surface area contributed by atoms with Gasteiger partial charge in [0.15, 0.2) is 6.61 Å². The van der Waals surface area contributed by atoms with E-state index in [4.69, 9.17) is 9.47 Å². The number of ether oxygens (including phenoxy) is 2. The number of thioether (sulfide) groups is 1. The molecule has 2 aromatic rings. The first kappa shape index (κ1) is 20.6. The minimum atomic E-state index is -0.577. The standard InChI is InChI=1S/C21H23NO4S/c1-22(14-16-8-11-18(27-3)12-9-16)20(23)15-26-21(24)13-10-17-6-4-5-7-19(17)25-2/h4-13H,14-15H2,1-3H3/b13-10+. The molecule has 2 rings (SSSR count). The van der Waals surface area contributed by atoms with Crippen LogP contribution in [0.5, 0.6) is 5.75 Å². The third-order valence-corrected chi connectivity index (χ3v) is 4.62. The number of para-hydroxylation sites is 1. The number of hydrogen-bond donors (Lipinski definition) is 0. The van der Waals surface area contributed by atoms with Gasteiger partial charge in [-0.05, 0) is 36.1 Å². The highest BCUT2D eigenvalue weighted by Gasteiger charge is 2.11. The highest BCUT2D eigenvalue weighted by atomic mass is 32.2. The predicted octanol–water partition coefficient (Wildman–Crippen LogP) is 3.63. The van der Waals surface area contributed by atoms with Crippen LogP contribution in [0.3, 0.4) is 0 Å². The van der Waals surface area contributed by atoms with Crippen molar-refractivity contribution in [3.05, 3.63) is 65.7 Å². The Hall–Kier alpha value is -2.73. The Morgan fingerprint density at radius 3 is 2.48 bits per heavy atom. The number of carbonyl (C=O) groups excluding carboxylic acids is 2. The van der Waals surface area contributed by atoms with E-state index < -0.39 is 5.97 Å². The summed E-state index contributed by atoms with van der Waals surface area (Å²) < 4.78 is 10.2. The Kier molecular flexibility index (Phi) is 7.95. The van der Waals surface area contributed by atoms with Gasteiger partial charge in [0.2, 0.25) is 0 Å². The van der Waals surface area contributed by atoms with Crippen LogP contribution in [0.2, 0.25) is 0 Å². The molecular formula is C21H23NO4S. The van der Waals surface area contributed by atoms with Crippen LogP contribution in [0.1, 0.15) is 11.1 Å². The molecule has 0 fully saturated rings. The van der Waals surface area contributed by atoms with E-state index in [-0.39, 0.29) is 12.5 Å². The molecule has 0 aliphatic rings. The number of benzene rings is 2. The number of nitrogens with zero attached hydrogens (tertiary/aromatic N) is 1. The molecule has 0 aliphatic carbocycles. The molecule has 2 aromatic carbocycles. The molecule has 0 saturated heterocycles. The van der Waals surface area contributed by atoms with Gasteiger partial charge in [-0.2, -0.15) is 0 Å². The SMILES string of the molecule is COc1ccccc1/C=C/C(=O)OCC(=O)N(C)Cc1ccc(SC)cc1. The Morgan fingerprint density at radius 1 is 1.11 bits per heavy atom. The lowest BCUT2D eigenvalue weighted by Crippen LogP contribution is -2.30. The second kappa shape index (κ2) is 10.4. The normalized spacial score (nSPS) is 10.6. The van der Waals surface area contributed by atoms with Crippen LogP contribution < -0.4 is 4.74 Å². The van der Waals surface area contributed by atoms with Gasteiger partial charge in [-0.25, -0.2) is 4.79 Å². The zero-order valence-corrected chi connectivity index (χ0v) is 16.5. The maximum atomic E-state index is 12.2. The molecule has 0 aromatic heterocycles. The summed E-state index contributed by atoms with van der Waals surface area (Å²) in [7, 11) is 3.25. The van der Waals surface area contributed by atoms with Gasteiger partial charge in [0.1, 0.15) is 5.75 Å². The molecule has 0 bridgehead atoms. The van der Waals surface area contributed by atoms with Gasteiger partial charge in [-0.3, -0.25) is 4.79 Å². The number of esters is 1. The Labute approximate surface area is 164 Å². The van der Waals surface area contributed by atoms with E-state index in [0.717, 1.165) is 11.1 Å². The first-order valence-electron chi connectivity index (χ1n) is 8.38. The van der Waals surface area contributed by atoms with Crippen LogP contribution in [0.15, 0.2) is 59.5 Å². The minimum Gasteiger partial charge on any atom is -0.496 e. The minimum absolute atomic E-state index is 0.261. The largest absolute Gasteiger partial charge is 0.496 e. The number of likely N-dealkylation sites (N-methyl/N-ethyl adjacent to an activating group) is 1. The van der Waals surface area contributed by atoms with Crippen molar-refractivity contribution in [3.8, 4) is 5.75 Å². The van der Waals surface area contributed by atoms with Crippen LogP contribution in [0.4, 0.5) is 0 Å². The summed E-state index contributed by atoms with van der Waals surface area (Å²) in [5.74, 6) is -0.181. The summed E-state index contributed by atoms with van der Waals surface area (Å²) in [6, 6.07) is 15.3. The maximum Gasteiger partial charge on any atom is 0.331 e. The Balaban J connectivity index is 1.82. The van der Waals surface area contributed by atoms with Gasteiger partial charge in [0.05, 0.1) is 7.11 Å². The number of hydrogen-bond acceptors (Lipinski definition) is 5. The zero-order valence-electron chi connectivity index (χ0n) is 15.7. The van der Waals surface area contributed by atoms with Crippen molar-refractivity contribution >= 4 is 29.7 Å². The van der Waals surface area contributed by atoms with E-state index in [0.29, 0.717) is 12.3 Å². The molecule has 0 unspecified atom stereocenters. The number of methoxy groups -OCH3 is 1. The average molecular weight is 385 g/mol. The fourth-order valence-corrected chi connectivity index (χ4v) is 2.75. The van der Waals surface area contributed by atoms with Crippen LogP contribution in [-0.2, 0) is 20.9 Å². The second-order valence-corrected chi connectivity index (χ2v) is 6.66. The lowest BCUT2D eigenvalue weighted by molar-refractivity contribution is -0.147. The van der Waals surface area contributed by atoms with Crippen molar-refractivity contribution in [2.45, 2.75) is 11.4 Å². The average Bonchev–Trinajstić information content (AvgIpc) is 2.71. The fraction of sp³-hybridized carbons (Fsp3) is 0.238. The first-order chi connectivity index (χ1) is 13.0. The molecule has 0 heterocycles. The number of amides is 1. The lowest BCUT2D eigenvalue weighted by atomic mass is 10.2. The molecule has 1 amide bonds. The second-order valence-electron chi connectivity index (χ2n) is 5.78. The van der Waals surface area contributed by atoms with Gasteiger partial charge in [-0.15, -0.1) is 11.8 Å². The van der Waals surface area contributed by atoms with Crippen molar-refractivity contribution < 1.29 is 19.1 Å². The third kappa shape index (κ3) is 6.49.